The van der Waals surface area contributed by atoms with Crippen LogP contribution in [0.2, 0.25) is 0 Å². The van der Waals surface area contributed by atoms with Crippen molar-refractivity contribution in [2.24, 2.45) is 0 Å². The Morgan fingerprint density at radius 1 is 0.844 bits per heavy atom. The molecule has 3 heterocycles. The second-order valence-electron chi connectivity index (χ2n) is 10.3. The van der Waals surface area contributed by atoms with Crippen molar-refractivity contribution >= 4 is 16.9 Å². The molecule has 18 nitrogen and oxygen atoms in total. The normalized spacial score (nSPS) is 30.7. The van der Waals surface area contributed by atoms with Crippen molar-refractivity contribution in [1.82, 2.24) is 0 Å². The lowest BCUT2D eigenvalue weighted by Gasteiger charge is -2.38. The minimum absolute atomic E-state index is 0.0995. The Morgan fingerprint density at radius 3 is 2.16 bits per heavy atom. The molecule has 2 aliphatic rings. The number of hydrogen-bond donors (Lipinski definition) is 11. The Balaban J connectivity index is 1.65. The largest absolute Gasteiger partial charge is 0.508 e. The van der Waals surface area contributed by atoms with E-state index < -0.39 is 125 Å². The first-order valence-electron chi connectivity index (χ1n) is 13.2. The molecule has 0 radical (unpaired) electrons. The van der Waals surface area contributed by atoms with Crippen LogP contribution in [0, 0.1) is 0 Å². The lowest BCUT2D eigenvalue weighted by molar-refractivity contribution is -0.270. The van der Waals surface area contributed by atoms with Gasteiger partial charge >= 0.3 is 5.97 Å². The number of aliphatic hydroxyl groups is 7. The van der Waals surface area contributed by atoms with E-state index in [-0.39, 0.29) is 5.56 Å². The van der Waals surface area contributed by atoms with Crippen LogP contribution in [-0.4, -0.2) is 130 Å². The van der Waals surface area contributed by atoms with Gasteiger partial charge < -0.3 is 79.5 Å². The van der Waals surface area contributed by atoms with Crippen molar-refractivity contribution in [2.45, 2.75) is 61.4 Å². The van der Waals surface area contributed by atoms with E-state index in [9.17, 15) is 65.8 Å². The number of carboxylic acids is 1. The van der Waals surface area contributed by atoms with Gasteiger partial charge in [0.05, 0.1) is 6.61 Å². The number of hydrogen-bond acceptors (Lipinski definition) is 17. The van der Waals surface area contributed by atoms with Crippen LogP contribution in [-0.2, 0) is 14.3 Å². The maximum absolute atomic E-state index is 14.0. The standard InChI is InChI=1S/C27H28O18/c28-6-11(32)22-18(36)20(38)27(43-22)44-23-15(33)14-12(41-21(23)7-1-2-9(30)10(31)3-7)4-8(29)5-13(14)42-26-19(37)16(34)17(35)24(45-26)25(39)40/h1-5,11,16-20,22,24,26-32,34-38H,6H2,(H,39,40)/t11?,16-,17-,18+,19+,20+,22+,24-,26+,27-/m0/s1. The fourth-order valence-corrected chi connectivity index (χ4v) is 4.89. The molecule has 2 aromatic carbocycles. The third kappa shape index (κ3) is 5.81. The number of aliphatic carboxylic acids is 1. The SMILES string of the molecule is O=C(O)[C@H]1O[C@@H](Oc2cc(O)cc3oc(-c4ccc(O)c(O)c4)c(O[C@@H]4O[C@H](C(O)CO)[C@H](O)[C@H]4O)c(=O)c23)[C@H](O)[C@@H](O)[C@@H]1O. The Bertz CT molecular complexity index is 1640. The highest BCUT2D eigenvalue weighted by Crippen LogP contribution is 2.40. The number of carboxylic acid groups (broad SMARTS) is 1. The molecule has 11 N–H and O–H groups in total. The van der Waals surface area contributed by atoms with Crippen LogP contribution < -0.4 is 14.9 Å². The molecule has 2 saturated heterocycles. The molecule has 1 aromatic heterocycles. The number of benzene rings is 2. The molecule has 0 amide bonds. The van der Waals surface area contributed by atoms with Gasteiger partial charge in [0.15, 0.2) is 23.4 Å². The van der Waals surface area contributed by atoms with Gasteiger partial charge in [0.2, 0.25) is 23.8 Å². The molecule has 0 bridgehead atoms. The minimum atomic E-state index is -2.08. The van der Waals surface area contributed by atoms with Crippen molar-refractivity contribution in [3.63, 3.8) is 0 Å². The summed E-state index contributed by atoms with van der Waals surface area (Å²) in [5.74, 6) is -5.38. The van der Waals surface area contributed by atoms with Crippen LogP contribution >= 0.6 is 0 Å². The zero-order chi connectivity index (χ0) is 32.9. The van der Waals surface area contributed by atoms with Crippen molar-refractivity contribution in [3.8, 4) is 40.1 Å². The number of phenols is 3. The minimum Gasteiger partial charge on any atom is -0.508 e. The van der Waals surface area contributed by atoms with E-state index in [4.69, 9.17) is 23.4 Å². The molecule has 3 aromatic rings. The van der Waals surface area contributed by atoms with Crippen LogP contribution in [0.25, 0.3) is 22.3 Å². The first-order chi connectivity index (χ1) is 21.2. The summed E-state index contributed by atoms with van der Waals surface area (Å²) in [5, 5.41) is 110. The number of carbonyl (C=O) groups is 1. The Hall–Kier alpha value is -4.24. The summed E-state index contributed by atoms with van der Waals surface area (Å²) in [6.07, 6.45) is -19.1. The highest BCUT2D eigenvalue weighted by atomic mass is 16.7. The van der Waals surface area contributed by atoms with Gasteiger partial charge in [-0.25, -0.2) is 4.79 Å². The monoisotopic (exact) mass is 640 g/mol. The van der Waals surface area contributed by atoms with Crippen LogP contribution in [0.4, 0.5) is 0 Å². The van der Waals surface area contributed by atoms with Crippen molar-refractivity contribution in [1.29, 1.82) is 0 Å². The fourth-order valence-electron chi connectivity index (χ4n) is 4.89. The summed E-state index contributed by atoms with van der Waals surface area (Å²) >= 11 is 0. The highest BCUT2D eigenvalue weighted by molar-refractivity contribution is 5.88. The van der Waals surface area contributed by atoms with E-state index in [1.54, 1.807) is 0 Å². The number of phenolic OH excluding ortho intramolecular Hbond substituents is 3. The van der Waals surface area contributed by atoms with Crippen LogP contribution in [0.15, 0.2) is 39.5 Å². The van der Waals surface area contributed by atoms with E-state index in [2.05, 4.69) is 0 Å². The topological polar surface area (TPSA) is 307 Å². The predicted molar refractivity (Wildman–Crippen MR) is 142 cm³/mol. The van der Waals surface area contributed by atoms with Crippen LogP contribution in [0.3, 0.4) is 0 Å². The van der Waals surface area contributed by atoms with Gasteiger partial charge in [-0.2, -0.15) is 0 Å². The average Bonchev–Trinajstić information content (AvgIpc) is 3.27. The lowest BCUT2D eigenvalue weighted by Crippen LogP contribution is -2.61. The third-order valence-corrected chi connectivity index (χ3v) is 7.25. The first kappa shape index (κ1) is 32.2. The molecule has 0 saturated carbocycles. The molecule has 5 rings (SSSR count). The molecule has 1 unspecified atom stereocenters. The summed E-state index contributed by atoms with van der Waals surface area (Å²) in [6, 6.07) is 4.99. The van der Waals surface area contributed by atoms with E-state index in [0.29, 0.717) is 0 Å². The summed E-state index contributed by atoms with van der Waals surface area (Å²) in [6.45, 7) is -0.870. The van der Waals surface area contributed by atoms with Gasteiger partial charge in [-0.1, -0.05) is 0 Å². The summed E-state index contributed by atoms with van der Waals surface area (Å²) in [7, 11) is 0. The summed E-state index contributed by atoms with van der Waals surface area (Å²) in [4.78, 5) is 25.6. The second-order valence-corrected chi connectivity index (χ2v) is 10.3. The average molecular weight is 641 g/mol. The maximum Gasteiger partial charge on any atom is 0.335 e. The Morgan fingerprint density at radius 2 is 1.51 bits per heavy atom. The van der Waals surface area contributed by atoms with E-state index >= 15 is 0 Å². The maximum atomic E-state index is 14.0. The van der Waals surface area contributed by atoms with Crippen molar-refractivity contribution in [3.05, 3.63) is 40.6 Å². The number of aliphatic hydroxyl groups excluding tert-OH is 7. The molecule has 18 heteroatoms. The van der Waals surface area contributed by atoms with E-state index in [1.165, 1.54) is 6.07 Å². The lowest BCUT2D eigenvalue weighted by atomic mass is 9.99. The third-order valence-electron chi connectivity index (χ3n) is 7.25. The van der Waals surface area contributed by atoms with Gasteiger partial charge in [0.1, 0.15) is 65.2 Å². The smallest absolute Gasteiger partial charge is 0.335 e. The van der Waals surface area contributed by atoms with Gasteiger partial charge in [-0.3, -0.25) is 4.79 Å². The summed E-state index contributed by atoms with van der Waals surface area (Å²) < 4.78 is 27.4. The van der Waals surface area contributed by atoms with Crippen LogP contribution in [0.1, 0.15) is 0 Å². The van der Waals surface area contributed by atoms with Gasteiger partial charge in [0, 0.05) is 17.7 Å². The molecule has 0 aliphatic carbocycles. The molecule has 45 heavy (non-hydrogen) atoms. The molecule has 2 fully saturated rings. The Kier molecular flexibility index (Phi) is 8.77. The van der Waals surface area contributed by atoms with Crippen molar-refractivity contribution < 1.29 is 84.3 Å². The van der Waals surface area contributed by atoms with Gasteiger partial charge in [-0.15, -0.1) is 0 Å². The molecular weight excluding hydrogens is 612 g/mol. The number of rotatable bonds is 8. The quantitative estimate of drug-likeness (QED) is 0.109. The fraction of sp³-hybridized carbons (Fsp3) is 0.407. The molecule has 2 aliphatic heterocycles. The summed E-state index contributed by atoms with van der Waals surface area (Å²) in [5.41, 5.74) is -1.66. The highest BCUT2D eigenvalue weighted by Gasteiger charge is 2.49. The zero-order valence-electron chi connectivity index (χ0n) is 22.6. The molecule has 244 valence electrons. The Labute approximate surface area is 250 Å². The van der Waals surface area contributed by atoms with Crippen molar-refractivity contribution in [2.75, 3.05) is 6.61 Å². The molecular formula is C27H28O18. The van der Waals surface area contributed by atoms with Crippen LogP contribution in [0.5, 0.6) is 28.7 Å². The number of ether oxygens (including phenoxy) is 4. The number of aromatic hydroxyl groups is 3. The molecule has 10 atom stereocenters. The molecule has 0 spiro atoms. The predicted octanol–water partition coefficient (Wildman–Crippen LogP) is -2.97. The van der Waals surface area contributed by atoms with Gasteiger partial charge in [-0.05, 0) is 18.2 Å². The first-order valence-corrected chi connectivity index (χ1v) is 13.2. The van der Waals surface area contributed by atoms with E-state index in [1.807, 2.05) is 0 Å². The van der Waals surface area contributed by atoms with E-state index in [0.717, 1.165) is 24.3 Å². The zero-order valence-corrected chi connectivity index (χ0v) is 22.6. The second kappa shape index (κ2) is 12.3. The van der Waals surface area contributed by atoms with Gasteiger partial charge in [0.25, 0.3) is 0 Å². The number of fused-ring (bicyclic) bond motifs is 1.